The van der Waals surface area contributed by atoms with Gasteiger partial charge in [0.15, 0.2) is 0 Å². The van der Waals surface area contributed by atoms with Crippen LogP contribution in [0.15, 0.2) is 48.5 Å². The molecule has 0 heterocycles. The molecule has 2 aromatic carbocycles. The summed E-state index contributed by atoms with van der Waals surface area (Å²) in [5, 5.41) is 0. The monoisotopic (exact) mass is 254 g/mol. The molecule has 0 saturated carbocycles. The van der Waals surface area contributed by atoms with Crippen molar-refractivity contribution in [2.75, 3.05) is 0 Å². The van der Waals surface area contributed by atoms with Crippen LogP contribution in [0.2, 0.25) is 0 Å². The Morgan fingerprint density at radius 3 is 2.42 bits per heavy atom. The van der Waals surface area contributed by atoms with E-state index < -0.39 is 0 Å². The molecule has 0 bridgehead atoms. The fourth-order valence-electron chi connectivity index (χ4n) is 2.50. The number of rotatable bonds is 5. The lowest BCUT2D eigenvalue weighted by molar-refractivity contribution is 0.514. The van der Waals surface area contributed by atoms with Crippen molar-refractivity contribution in [2.45, 2.75) is 32.7 Å². The van der Waals surface area contributed by atoms with Gasteiger partial charge in [0.1, 0.15) is 0 Å². The molecule has 0 radical (unpaired) electrons. The van der Waals surface area contributed by atoms with E-state index in [0.29, 0.717) is 0 Å². The zero-order valence-corrected chi connectivity index (χ0v) is 11.7. The Morgan fingerprint density at radius 2 is 1.79 bits per heavy atom. The van der Waals surface area contributed by atoms with Crippen LogP contribution in [0.25, 0.3) is 0 Å². The summed E-state index contributed by atoms with van der Waals surface area (Å²) >= 11 is 0. The summed E-state index contributed by atoms with van der Waals surface area (Å²) < 4.78 is 0. The van der Waals surface area contributed by atoms with E-state index in [1.807, 2.05) is 6.07 Å². The van der Waals surface area contributed by atoms with Crippen molar-refractivity contribution >= 4 is 0 Å². The van der Waals surface area contributed by atoms with Gasteiger partial charge in [0.25, 0.3) is 0 Å². The fraction of sp³-hybridized carbons (Fsp3) is 0.294. The van der Waals surface area contributed by atoms with E-state index in [-0.39, 0.29) is 6.04 Å². The van der Waals surface area contributed by atoms with Crippen molar-refractivity contribution < 1.29 is 0 Å². The second-order valence-corrected chi connectivity index (χ2v) is 5.10. The van der Waals surface area contributed by atoms with Crippen LogP contribution >= 0.6 is 0 Å². The summed E-state index contributed by atoms with van der Waals surface area (Å²) in [5.74, 6) is 5.73. The first-order chi connectivity index (χ1) is 9.20. The predicted octanol–water partition coefficient (Wildman–Crippen LogP) is 3.44. The maximum absolute atomic E-state index is 5.73. The summed E-state index contributed by atoms with van der Waals surface area (Å²) in [7, 11) is 0. The molecule has 2 nitrogen and oxygen atoms in total. The summed E-state index contributed by atoms with van der Waals surface area (Å²) in [6.07, 6.45) is 2.04. The molecule has 2 rings (SSSR count). The molecule has 19 heavy (non-hydrogen) atoms. The molecule has 2 heteroatoms. The van der Waals surface area contributed by atoms with Crippen molar-refractivity contribution in [3.05, 3.63) is 70.8 Å². The van der Waals surface area contributed by atoms with E-state index >= 15 is 0 Å². The molecule has 1 unspecified atom stereocenters. The molecule has 1 atom stereocenters. The molecule has 2 aromatic rings. The Bertz CT molecular complexity index is 520. The van der Waals surface area contributed by atoms with E-state index in [1.54, 1.807) is 0 Å². The van der Waals surface area contributed by atoms with Gasteiger partial charge in [-0.15, -0.1) is 0 Å². The van der Waals surface area contributed by atoms with Crippen molar-refractivity contribution in [3.8, 4) is 0 Å². The molecule has 0 aromatic heterocycles. The van der Waals surface area contributed by atoms with Crippen LogP contribution in [0.3, 0.4) is 0 Å². The summed E-state index contributed by atoms with van der Waals surface area (Å²) in [6.45, 7) is 4.26. The SMILES string of the molecule is Cc1ccc(C(CCc2ccccc2)NN)c(C)c1. The van der Waals surface area contributed by atoms with Crippen molar-refractivity contribution in [3.63, 3.8) is 0 Å². The number of nitrogens with one attached hydrogen (secondary N) is 1. The van der Waals surface area contributed by atoms with Crippen LogP contribution in [-0.2, 0) is 6.42 Å². The smallest absolute Gasteiger partial charge is 0.0465 e. The molecular weight excluding hydrogens is 232 g/mol. The van der Waals surface area contributed by atoms with E-state index in [1.165, 1.54) is 22.3 Å². The minimum atomic E-state index is 0.209. The highest BCUT2D eigenvalue weighted by Gasteiger charge is 2.12. The minimum absolute atomic E-state index is 0.209. The van der Waals surface area contributed by atoms with Crippen LogP contribution in [-0.4, -0.2) is 0 Å². The molecule has 0 saturated heterocycles. The third kappa shape index (κ3) is 3.66. The van der Waals surface area contributed by atoms with Crippen molar-refractivity contribution in [2.24, 2.45) is 5.84 Å². The molecule has 0 aliphatic rings. The van der Waals surface area contributed by atoms with E-state index in [0.717, 1.165) is 12.8 Å². The number of benzene rings is 2. The van der Waals surface area contributed by atoms with Gasteiger partial charge in [0, 0.05) is 6.04 Å². The molecular formula is C17H22N2. The number of hydrogen-bond donors (Lipinski definition) is 2. The average molecular weight is 254 g/mol. The quantitative estimate of drug-likeness (QED) is 0.633. The zero-order chi connectivity index (χ0) is 13.7. The van der Waals surface area contributed by atoms with E-state index in [9.17, 15) is 0 Å². The first-order valence-corrected chi connectivity index (χ1v) is 6.78. The van der Waals surface area contributed by atoms with Crippen LogP contribution < -0.4 is 11.3 Å². The van der Waals surface area contributed by atoms with Gasteiger partial charge in [-0.3, -0.25) is 11.3 Å². The Labute approximate surface area is 115 Å². The van der Waals surface area contributed by atoms with Crippen LogP contribution in [0.4, 0.5) is 0 Å². The van der Waals surface area contributed by atoms with Crippen LogP contribution in [0.5, 0.6) is 0 Å². The standard InChI is InChI=1S/C17H22N2/c1-13-8-10-16(14(2)12-13)17(19-18)11-9-15-6-4-3-5-7-15/h3-8,10,12,17,19H,9,11,18H2,1-2H3. The molecule has 0 fully saturated rings. The molecule has 0 spiro atoms. The van der Waals surface area contributed by atoms with Gasteiger partial charge in [0.05, 0.1) is 0 Å². The predicted molar refractivity (Wildman–Crippen MR) is 80.7 cm³/mol. The lowest BCUT2D eigenvalue weighted by atomic mass is 9.95. The maximum Gasteiger partial charge on any atom is 0.0465 e. The summed E-state index contributed by atoms with van der Waals surface area (Å²) in [6, 6.07) is 17.3. The molecule has 3 N–H and O–H groups in total. The number of aryl methyl sites for hydroxylation is 3. The third-order valence-electron chi connectivity index (χ3n) is 3.57. The topological polar surface area (TPSA) is 38.0 Å². The van der Waals surface area contributed by atoms with Gasteiger partial charge in [-0.2, -0.15) is 0 Å². The van der Waals surface area contributed by atoms with Crippen LogP contribution in [0, 0.1) is 13.8 Å². The Balaban J connectivity index is 2.08. The van der Waals surface area contributed by atoms with Gasteiger partial charge in [-0.1, -0.05) is 54.1 Å². The molecule has 100 valence electrons. The van der Waals surface area contributed by atoms with E-state index in [4.69, 9.17) is 5.84 Å². The lowest BCUT2D eigenvalue weighted by Crippen LogP contribution is -2.29. The minimum Gasteiger partial charge on any atom is -0.271 e. The largest absolute Gasteiger partial charge is 0.271 e. The van der Waals surface area contributed by atoms with E-state index in [2.05, 4.69) is 61.7 Å². The zero-order valence-electron chi connectivity index (χ0n) is 11.7. The highest BCUT2D eigenvalue weighted by atomic mass is 15.2. The second-order valence-electron chi connectivity index (χ2n) is 5.10. The highest BCUT2D eigenvalue weighted by Crippen LogP contribution is 2.22. The third-order valence-corrected chi connectivity index (χ3v) is 3.57. The van der Waals surface area contributed by atoms with Gasteiger partial charge in [0.2, 0.25) is 0 Å². The number of nitrogens with two attached hydrogens (primary N) is 1. The fourth-order valence-corrected chi connectivity index (χ4v) is 2.50. The molecule has 0 aliphatic carbocycles. The van der Waals surface area contributed by atoms with Crippen molar-refractivity contribution in [1.29, 1.82) is 0 Å². The first kappa shape index (κ1) is 13.8. The first-order valence-electron chi connectivity index (χ1n) is 6.78. The normalized spacial score (nSPS) is 12.4. The number of hydrazine groups is 1. The van der Waals surface area contributed by atoms with Crippen molar-refractivity contribution in [1.82, 2.24) is 5.43 Å². The van der Waals surface area contributed by atoms with Crippen LogP contribution in [0.1, 0.15) is 34.7 Å². The lowest BCUT2D eigenvalue weighted by Gasteiger charge is -2.19. The second kappa shape index (κ2) is 6.50. The van der Waals surface area contributed by atoms with Gasteiger partial charge >= 0.3 is 0 Å². The van der Waals surface area contributed by atoms with Gasteiger partial charge in [-0.05, 0) is 43.4 Å². The summed E-state index contributed by atoms with van der Waals surface area (Å²) in [5.41, 5.74) is 8.19. The molecule has 0 aliphatic heterocycles. The highest BCUT2D eigenvalue weighted by molar-refractivity contribution is 5.33. The Hall–Kier alpha value is -1.64. The maximum atomic E-state index is 5.73. The average Bonchev–Trinajstić information content (AvgIpc) is 2.42. The molecule has 0 amide bonds. The van der Waals surface area contributed by atoms with Gasteiger partial charge < -0.3 is 0 Å². The Kier molecular flexibility index (Phi) is 4.72. The number of hydrogen-bond acceptors (Lipinski definition) is 2. The summed E-state index contributed by atoms with van der Waals surface area (Å²) in [4.78, 5) is 0. The Morgan fingerprint density at radius 1 is 1.05 bits per heavy atom. The van der Waals surface area contributed by atoms with Gasteiger partial charge in [-0.25, -0.2) is 0 Å².